The van der Waals surface area contributed by atoms with Crippen molar-refractivity contribution in [2.24, 2.45) is 5.73 Å². The van der Waals surface area contributed by atoms with Gasteiger partial charge >= 0.3 is 0 Å². The van der Waals surface area contributed by atoms with Crippen molar-refractivity contribution in [3.8, 4) is 17.2 Å². The Hall–Kier alpha value is -1.91. The summed E-state index contributed by atoms with van der Waals surface area (Å²) in [6.07, 6.45) is 0.819. The van der Waals surface area contributed by atoms with Crippen LogP contribution in [0.25, 0.3) is 0 Å². The highest BCUT2D eigenvalue weighted by atomic mass is 35.5. The van der Waals surface area contributed by atoms with Crippen LogP contribution in [0.5, 0.6) is 17.2 Å². The van der Waals surface area contributed by atoms with E-state index < -0.39 is 0 Å². The summed E-state index contributed by atoms with van der Waals surface area (Å²) in [4.78, 5) is 0. The van der Waals surface area contributed by atoms with Gasteiger partial charge < -0.3 is 19.9 Å². The molecular weight excluding hydrogens is 326 g/mol. The van der Waals surface area contributed by atoms with Gasteiger partial charge in [0.15, 0.2) is 11.5 Å². The van der Waals surface area contributed by atoms with Gasteiger partial charge in [0.2, 0.25) is 0 Å². The smallest absolute Gasteiger partial charge is 0.161 e. The van der Waals surface area contributed by atoms with E-state index in [1.54, 1.807) is 0 Å². The number of hydrogen-bond donors (Lipinski definition) is 1. The van der Waals surface area contributed by atoms with Crippen molar-refractivity contribution in [2.75, 3.05) is 26.4 Å². The average Bonchev–Trinajstić information content (AvgIpc) is 2.57. The Balaban J connectivity index is 1.89. The molecule has 0 bridgehead atoms. The first-order valence-corrected chi connectivity index (χ1v) is 8.49. The minimum absolute atomic E-state index is 0.429. The molecule has 2 rings (SSSR count). The largest absolute Gasteiger partial charge is 0.490 e. The van der Waals surface area contributed by atoms with Gasteiger partial charge in [-0.1, -0.05) is 17.7 Å². The van der Waals surface area contributed by atoms with Gasteiger partial charge in [0.1, 0.15) is 19.0 Å². The number of rotatable bonds is 9. The second kappa shape index (κ2) is 9.40. The Kier molecular flexibility index (Phi) is 7.22. The van der Waals surface area contributed by atoms with Crippen LogP contribution in [0.1, 0.15) is 18.1 Å². The van der Waals surface area contributed by atoms with E-state index in [0.29, 0.717) is 32.1 Å². The molecule has 24 heavy (non-hydrogen) atoms. The molecule has 2 N–H and O–H groups in total. The van der Waals surface area contributed by atoms with E-state index >= 15 is 0 Å². The molecule has 0 aliphatic carbocycles. The first-order chi connectivity index (χ1) is 11.6. The Labute approximate surface area is 148 Å². The minimum Gasteiger partial charge on any atom is -0.490 e. The SMILES string of the molecule is CCOc1cc(CCN)ccc1OCCOc1ccc(Cl)c(C)c1. The van der Waals surface area contributed by atoms with E-state index in [-0.39, 0.29) is 0 Å². The molecule has 0 fully saturated rings. The molecule has 0 amide bonds. The maximum Gasteiger partial charge on any atom is 0.161 e. The lowest BCUT2D eigenvalue weighted by Crippen LogP contribution is -2.10. The zero-order chi connectivity index (χ0) is 17.4. The fourth-order valence-electron chi connectivity index (χ4n) is 2.28. The molecule has 4 nitrogen and oxygen atoms in total. The number of ether oxygens (including phenoxy) is 3. The highest BCUT2D eigenvalue weighted by Gasteiger charge is 2.07. The summed E-state index contributed by atoms with van der Waals surface area (Å²) in [6.45, 7) is 5.96. The normalized spacial score (nSPS) is 10.5. The van der Waals surface area contributed by atoms with E-state index in [0.717, 1.165) is 34.1 Å². The van der Waals surface area contributed by atoms with Crippen LogP contribution in [0.3, 0.4) is 0 Å². The third-order valence-electron chi connectivity index (χ3n) is 3.48. The Bertz CT molecular complexity index is 661. The number of halogens is 1. The van der Waals surface area contributed by atoms with E-state index in [2.05, 4.69) is 0 Å². The highest BCUT2D eigenvalue weighted by Crippen LogP contribution is 2.28. The zero-order valence-corrected chi connectivity index (χ0v) is 14.9. The van der Waals surface area contributed by atoms with Crippen LogP contribution in [0, 0.1) is 6.92 Å². The molecule has 0 radical (unpaired) electrons. The predicted molar refractivity (Wildman–Crippen MR) is 97.5 cm³/mol. The third kappa shape index (κ3) is 5.32. The lowest BCUT2D eigenvalue weighted by Gasteiger charge is -2.14. The maximum atomic E-state index is 6.00. The molecule has 0 aliphatic heterocycles. The molecule has 0 heterocycles. The quantitative estimate of drug-likeness (QED) is 0.695. The van der Waals surface area contributed by atoms with Crippen LogP contribution in [-0.2, 0) is 6.42 Å². The third-order valence-corrected chi connectivity index (χ3v) is 3.90. The van der Waals surface area contributed by atoms with Gasteiger partial charge in [-0.05, 0) is 68.3 Å². The molecule has 0 unspecified atom stereocenters. The van der Waals surface area contributed by atoms with Crippen LogP contribution in [0.2, 0.25) is 5.02 Å². The fraction of sp³-hybridized carbons (Fsp3) is 0.368. The van der Waals surface area contributed by atoms with E-state index in [4.69, 9.17) is 31.5 Å². The summed E-state index contributed by atoms with van der Waals surface area (Å²) < 4.78 is 17.1. The van der Waals surface area contributed by atoms with Crippen LogP contribution in [0.4, 0.5) is 0 Å². The molecular formula is C19H24ClNO3. The van der Waals surface area contributed by atoms with Crippen molar-refractivity contribution in [3.63, 3.8) is 0 Å². The summed E-state index contributed by atoms with van der Waals surface area (Å²) in [5, 5.41) is 0.734. The van der Waals surface area contributed by atoms with Gasteiger partial charge in [-0.3, -0.25) is 0 Å². The van der Waals surface area contributed by atoms with Crippen LogP contribution < -0.4 is 19.9 Å². The van der Waals surface area contributed by atoms with Crippen molar-refractivity contribution in [3.05, 3.63) is 52.5 Å². The monoisotopic (exact) mass is 349 g/mol. The maximum absolute atomic E-state index is 6.00. The topological polar surface area (TPSA) is 53.7 Å². The summed E-state index contributed by atoms with van der Waals surface area (Å²) in [5.41, 5.74) is 7.73. The molecule has 2 aromatic rings. The summed E-state index contributed by atoms with van der Waals surface area (Å²) in [6, 6.07) is 11.5. The van der Waals surface area contributed by atoms with E-state index in [1.807, 2.05) is 50.2 Å². The van der Waals surface area contributed by atoms with Crippen molar-refractivity contribution in [2.45, 2.75) is 20.3 Å². The Morgan fingerprint density at radius 1 is 0.958 bits per heavy atom. The first kappa shape index (κ1) is 18.4. The van der Waals surface area contributed by atoms with E-state index in [9.17, 15) is 0 Å². The summed E-state index contributed by atoms with van der Waals surface area (Å²) >= 11 is 6.00. The molecule has 0 atom stereocenters. The van der Waals surface area contributed by atoms with Crippen molar-refractivity contribution >= 4 is 11.6 Å². The highest BCUT2D eigenvalue weighted by molar-refractivity contribution is 6.31. The van der Waals surface area contributed by atoms with Gasteiger partial charge in [-0.25, -0.2) is 0 Å². The van der Waals surface area contributed by atoms with Gasteiger partial charge in [-0.2, -0.15) is 0 Å². The number of hydrogen-bond acceptors (Lipinski definition) is 4. The van der Waals surface area contributed by atoms with Crippen molar-refractivity contribution in [1.82, 2.24) is 0 Å². The molecule has 130 valence electrons. The van der Waals surface area contributed by atoms with Gasteiger partial charge in [0.25, 0.3) is 0 Å². The fourth-order valence-corrected chi connectivity index (χ4v) is 2.40. The van der Waals surface area contributed by atoms with E-state index in [1.165, 1.54) is 0 Å². The number of aryl methyl sites for hydroxylation is 1. The van der Waals surface area contributed by atoms with Crippen molar-refractivity contribution < 1.29 is 14.2 Å². The molecule has 0 saturated carbocycles. The number of nitrogens with two attached hydrogens (primary N) is 1. The number of benzene rings is 2. The minimum atomic E-state index is 0.429. The first-order valence-electron chi connectivity index (χ1n) is 8.11. The van der Waals surface area contributed by atoms with Crippen LogP contribution in [0.15, 0.2) is 36.4 Å². The second-order valence-corrected chi connectivity index (χ2v) is 5.77. The van der Waals surface area contributed by atoms with Crippen molar-refractivity contribution in [1.29, 1.82) is 0 Å². The zero-order valence-electron chi connectivity index (χ0n) is 14.2. The van der Waals surface area contributed by atoms with Crippen LogP contribution >= 0.6 is 11.6 Å². The molecule has 2 aromatic carbocycles. The molecule has 0 spiro atoms. The molecule has 0 saturated heterocycles. The lowest BCUT2D eigenvalue weighted by atomic mass is 10.1. The predicted octanol–water partition coefficient (Wildman–Crippen LogP) is 4.01. The average molecular weight is 350 g/mol. The molecule has 0 aliphatic rings. The Morgan fingerprint density at radius 3 is 2.46 bits per heavy atom. The Morgan fingerprint density at radius 2 is 1.75 bits per heavy atom. The molecule has 5 heteroatoms. The van der Waals surface area contributed by atoms with Gasteiger partial charge in [-0.15, -0.1) is 0 Å². The summed E-state index contributed by atoms with van der Waals surface area (Å²) in [7, 11) is 0. The second-order valence-electron chi connectivity index (χ2n) is 5.36. The standard InChI is InChI=1S/C19H24ClNO3/c1-3-22-19-13-15(8-9-21)4-7-18(19)24-11-10-23-16-5-6-17(20)14(2)12-16/h4-7,12-13H,3,8-11,21H2,1-2H3. The van der Waals surface area contributed by atoms with Crippen LogP contribution in [-0.4, -0.2) is 26.4 Å². The van der Waals surface area contributed by atoms with Gasteiger partial charge in [0.05, 0.1) is 6.61 Å². The lowest BCUT2D eigenvalue weighted by molar-refractivity contribution is 0.208. The molecule has 0 aromatic heterocycles. The van der Waals surface area contributed by atoms with Gasteiger partial charge in [0, 0.05) is 5.02 Å². The summed E-state index contributed by atoms with van der Waals surface area (Å²) in [5.74, 6) is 2.24.